The number of Topliss-reactive ketones (excluding diaryl/α,β-unsaturated/α-hetero) is 1. The number of carbonyl (C=O) groups excluding carboxylic acids is 1. The molecule has 0 fully saturated rings. The van der Waals surface area contributed by atoms with E-state index in [1.807, 2.05) is 6.21 Å². The van der Waals surface area contributed by atoms with Gasteiger partial charge in [0.15, 0.2) is 0 Å². The maximum absolute atomic E-state index is 10.7. The van der Waals surface area contributed by atoms with Gasteiger partial charge in [0.25, 0.3) is 0 Å². The molecule has 0 unspecified atom stereocenters. The number of allylic oxidation sites excluding steroid dienone is 2. The predicted molar refractivity (Wildman–Crippen MR) is 34.4 cm³/mol. The summed E-state index contributed by atoms with van der Waals surface area (Å²) in [5.74, 6) is 0.330. The summed E-state index contributed by atoms with van der Waals surface area (Å²) in [7, 11) is 0. The van der Waals surface area contributed by atoms with Crippen molar-refractivity contribution in [3.8, 4) is 0 Å². The number of nitrogens with zero attached hydrogens (tertiary/aromatic N) is 1. The van der Waals surface area contributed by atoms with Crippen LogP contribution in [0.25, 0.3) is 0 Å². The Hall–Kier alpha value is -0.920. The first-order chi connectivity index (χ1) is 4.36. The van der Waals surface area contributed by atoms with Crippen LogP contribution in [0.15, 0.2) is 16.3 Å². The maximum Gasteiger partial charge on any atom is 0.142 e. The summed E-state index contributed by atoms with van der Waals surface area (Å²) in [6, 6.07) is 0. The number of ketones is 1. The van der Waals surface area contributed by atoms with Crippen LogP contribution in [0.1, 0.15) is 19.3 Å². The second-order valence-electron chi connectivity index (χ2n) is 2.46. The minimum Gasteiger partial charge on any atom is -0.299 e. The third-order valence-corrected chi connectivity index (χ3v) is 1.77. The van der Waals surface area contributed by atoms with E-state index in [9.17, 15) is 4.79 Å². The molecule has 2 aliphatic rings. The van der Waals surface area contributed by atoms with Gasteiger partial charge in [0, 0.05) is 31.2 Å². The summed E-state index contributed by atoms with van der Waals surface area (Å²) >= 11 is 0. The molecule has 2 rings (SSSR count). The normalized spacial score (nSPS) is 23.8. The van der Waals surface area contributed by atoms with Crippen LogP contribution in [0.2, 0.25) is 0 Å². The summed E-state index contributed by atoms with van der Waals surface area (Å²) < 4.78 is 0. The topological polar surface area (TPSA) is 29.4 Å². The molecule has 2 nitrogen and oxygen atoms in total. The predicted octanol–water partition coefficient (Wildman–Crippen LogP) is 1.08. The standard InChI is InChI=1S/C7H7NO/c9-6-3-5-1-2-8-7(5)4-6/h2H,1,3-4H2. The van der Waals surface area contributed by atoms with Crippen molar-refractivity contribution in [2.75, 3.05) is 0 Å². The van der Waals surface area contributed by atoms with E-state index in [0.717, 1.165) is 12.1 Å². The first-order valence-corrected chi connectivity index (χ1v) is 3.11. The fourth-order valence-corrected chi connectivity index (χ4v) is 1.31. The van der Waals surface area contributed by atoms with E-state index in [-0.39, 0.29) is 0 Å². The Morgan fingerprint density at radius 2 is 2.33 bits per heavy atom. The van der Waals surface area contributed by atoms with Crippen LogP contribution in [0.4, 0.5) is 0 Å². The average molecular weight is 121 g/mol. The van der Waals surface area contributed by atoms with Crippen LogP contribution < -0.4 is 0 Å². The molecular weight excluding hydrogens is 114 g/mol. The number of hydrogen-bond acceptors (Lipinski definition) is 2. The van der Waals surface area contributed by atoms with E-state index in [1.165, 1.54) is 5.57 Å². The molecule has 0 bridgehead atoms. The van der Waals surface area contributed by atoms with Gasteiger partial charge in [0.2, 0.25) is 0 Å². The van der Waals surface area contributed by atoms with E-state index in [1.54, 1.807) is 0 Å². The number of carbonyl (C=O) groups is 1. The number of aliphatic imine (C=N–C) groups is 1. The van der Waals surface area contributed by atoms with Gasteiger partial charge in [-0.15, -0.1) is 0 Å². The molecule has 0 spiro atoms. The summed E-state index contributed by atoms with van der Waals surface area (Å²) in [4.78, 5) is 14.8. The molecule has 0 amide bonds. The van der Waals surface area contributed by atoms with E-state index < -0.39 is 0 Å². The first-order valence-electron chi connectivity index (χ1n) is 3.11. The zero-order valence-corrected chi connectivity index (χ0v) is 5.05. The molecule has 9 heavy (non-hydrogen) atoms. The lowest BCUT2D eigenvalue weighted by molar-refractivity contribution is -0.117. The summed E-state index contributed by atoms with van der Waals surface area (Å²) in [6.07, 6.45) is 4.05. The van der Waals surface area contributed by atoms with Crippen molar-refractivity contribution in [2.24, 2.45) is 4.99 Å². The lowest BCUT2D eigenvalue weighted by atomic mass is 10.2. The highest BCUT2D eigenvalue weighted by molar-refractivity contribution is 5.90. The van der Waals surface area contributed by atoms with Crippen molar-refractivity contribution in [2.45, 2.75) is 19.3 Å². The third kappa shape index (κ3) is 0.626. The smallest absolute Gasteiger partial charge is 0.142 e. The molecule has 0 radical (unpaired) electrons. The van der Waals surface area contributed by atoms with Crippen molar-refractivity contribution in [3.63, 3.8) is 0 Å². The monoisotopic (exact) mass is 121 g/mol. The molecule has 0 aromatic rings. The van der Waals surface area contributed by atoms with Crippen molar-refractivity contribution in [3.05, 3.63) is 11.3 Å². The molecule has 0 aromatic carbocycles. The zero-order valence-electron chi connectivity index (χ0n) is 5.05. The van der Waals surface area contributed by atoms with Gasteiger partial charge < -0.3 is 0 Å². The molecule has 0 saturated carbocycles. The fourth-order valence-electron chi connectivity index (χ4n) is 1.31. The summed E-state index contributed by atoms with van der Waals surface area (Å²) in [6.45, 7) is 0. The number of rotatable bonds is 0. The quantitative estimate of drug-likeness (QED) is 0.471. The van der Waals surface area contributed by atoms with Gasteiger partial charge in [-0.1, -0.05) is 0 Å². The fraction of sp³-hybridized carbons (Fsp3) is 0.429. The van der Waals surface area contributed by atoms with Gasteiger partial charge in [-0.05, 0) is 5.57 Å². The average Bonchev–Trinajstić information content (AvgIpc) is 2.22. The zero-order chi connectivity index (χ0) is 6.27. The van der Waals surface area contributed by atoms with Gasteiger partial charge in [0.05, 0.1) is 0 Å². The lowest BCUT2D eigenvalue weighted by Gasteiger charge is -1.85. The van der Waals surface area contributed by atoms with Crippen molar-refractivity contribution < 1.29 is 4.79 Å². The second-order valence-corrected chi connectivity index (χ2v) is 2.46. The van der Waals surface area contributed by atoms with Gasteiger partial charge in [-0.3, -0.25) is 9.79 Å². The van der Waals surface area contributed by atoms with Crippen LogP contribution in [0, 0.1) is 0 Å². The minimum absolute atomic E-state index is 0.330. The Labute approximate surface area is 53.3 Å². The SMILES string of the molecule is O=C1CC2=C(C1)N=CC2. The summed E-state index contributed by atoms with van der Waals surface area (Å²) in [5, 5.41) is 0. The van der Waals surface area contributed by atoms with Gasteiger partial charge in [-0.2, -0.15) is 0 Å². The van der Waals surface area contributed by atoms with Crippen LogP contribution in [0.3, 0.4) is 0 Å². The minimum atomic E-state index is 0.330. The molecule has 46 valence electrons. The van der Waals surface area contributed by atoms with Crippen molar-refractivity contribution in [1.29, 1.82) is 0 Å². The highest BCUT2D eigenvalue weighted by Gasteiger charge is 2.22. The van der Waals surface area contributed by atoms with E-state index in [4.69, 9.17) is 0 Å². The van der Waals surface area contributed by atoms with Crippen molar-refractivity contribution in [1.82, 2.24) is 0 Å². The Balaban J connectivity index is 2.32. The van der Waals surface area contributed by atoms with E-state index >= 15 is 0 Å². The molecule has 0 saturated heterocycles. The lowest BCUT2D eigenvalue weighted by Crippen LogP contribution is -1.89. The van der Waals surface area contributed by atoms with Crippen molar-refractivity contribution >= 4 is 12.0 Å². The Bertz CT molecular complexity index is 225. The maximum atomic E-state index is 10.7. The van der Waals surface area contributed by atoms with E-state index in [0.29, 0.717) is 18.6 Å². The molecule has 1 aliphatic heterocycles. The Kier molecular flexibility index (Phi) is 0.835. The van der Waals surface area contributed by atoms with E-state index in [2.05, 4.69) is 4.99 Å². The molecule has 1 aliphatic carbocycles. The molecular formula is C7H7NO. The van der Waals surface area contributed by atoms with Crippen LogP contribution in [-0.4, -0.2) is 12.0 Å². The molecule has 0 N–H and O–H groups in total. The Morgan fingerprint density at radius 3 is 3.11 bits per heavy atom. The van der Waals surface area contributed by atoms with Crippen LogP contribution in [-0.2, 0) is 4.79 Å². The highest BCUT2D eigenvalue weighted by atomic mass is 16.1. The van der Waals surface area contributed by atoms with Crippen LogP contribution in [0.5, 0.6) is 0 Å². The van der Waals surface area contributed by atoms with Gasteiger partial charge >= 0.3 is 0 Å². The summed E-state index contributed by atoms with van der Waals surface area (Å²) in [5.41, 5.74) is 2.29. The number of hydrogen-bond donors (Lipinski definition) is 0. The van der Waals surface area contributed by atoms with Gasteiger partial charge in [-0.25, -0.2) is 0 Å². The molecule has 2 heteroatoms. The molecule has 0 aromatic heterocycles. The molecule has 1 heterocycles. The molecule has 0 atom stereocenters. The van der Waals surface area contributed by atoms with Gasteiger partial charge in [0.1, 0.15) is 5.78 Å². The third-order valence-electron chi connectivity index (χ3n) is 1.77. The Morgan fingerprint density at radius 1 is 1.44 bits per heavy atom. The highest BCUT2D eigenvalue weighted by Crippen LogP contribution is 2.29. The second kappa shape index (κ2) is 1.53. The first kappa shape index (κ1) is 4.91. The largest absolute Gasteiger partial charge is 0.299 e. The van der Waals surface area contributed by atoms with Crippen LogP contribution >= 0.6 is 0 Å².